The Kier molecular flexibility index (Phi) is 3.74. The topological polar surface area (TPSA) is 80.4 Å². The van der Waals surface area contributed by atoms with Gasteiger partial charge in [-0.3, -0.25) is 9.59 Å². The van der Waals surface area contributed by atoms with Crippen LogP contribution in [0.2, 0.25) is 0 Å². The molecule has 1 rings (SSSR count). The normalized spacial score (nSPS) is 24.7. The second kappa shape index (κ2) is 4.62. The lowest BCUT2D eigenvalue weighted by atomic mass is 10.4. The highest BCUT2D eigenvalue weighted by atomic mass is 32.2. The zero-order valence-electron chi connectivity index (χ0n) is 7.23. The largest absolute Gasteiger partial charge is 0.480 e. The molecule has 1 fully saturated rings. The summed E-state index contributed by atoms with van der Waals surface area (Å²) in [6, 6.07) is -0.805. The van der Waals surface area contributed by atoms with E-state index in [4.69, 9.17) is 10.8 Å². The summed E-state index contributed by atoms with van der Waals surface area (Å²) in [4.78, 5) is 21.2. The molecule has 0 bridgehead atoms. The summed E-state index contributed by atoms with van der Waals surface area (Å²) in [5.74, 6) is -0.300. The number of aliphatic carboxylic acids is 1. The lowest BCUT2D eigenvalue weighted by molar-refractivity contribution is -0.137. The van der Waals surface area contributed by atoms with Crippen molar-refractivity contribution in [1.82, 2.24) is 0 Å². The number of rotatable bonds is 4. The number of ketones is 1. The van der Waals surface area contributed by atoms with Gasteiger partial charge in [-0.1, -0.05) is 0 Å². The third-order valence-corrected chi connectivity index (χ3v) is 3.45. The molecular formula is C8H13NO3S. The van der Waals surface area contributed by atoms with Crippen LogP contribution in [0.15, 0.2) is 0 Å². The van der Waals surface area contributed by atoms with E-state index in [9.17, 15) is 9.59 Å². The van der Waals surface area contributed by atoms with Gasteiger partial charge in [0, 0.05) is 23.8 Å². The van der Waals surface area contributed by atoms with E-state index >= 15 is 0 Å². The predicted molar refractivity (Wildman–Crippen MR) is 50.7 cm³/mol. The Morgan fingerprint density at radius 2 is 2.46 bits per heavy atom. The quantitative estimate of drug-likeness (QED) is 0.684. The molecular weight excluding hydrogens is 190 g/mol. The molecule has 0 heterocycles. The molecule has 0 aliphatic heterocycles. The van der Waals surface area contributed by atoms with Gasteiger partial charge >= 0.3 is 5.97 Å². The average molecular weight is 203 g/mol. The molecule has 74 valence electrons. The van der Waals surface area contributed by atoms with Gasteiger partial charge in [-0.25, -0.2) is 0 Å². The van der Waals surface area contributed by atoms with Gasteiger partial charge in [0.05, 0.1) is 0 Å². The molecule has 0 radical (unpaired) electrons. The Morgan fingerprint density at radius 3 is 2.92 bits per heavy atom. The Morgan fingerprint density at radius 1 is 1.77 bits per heavy atom. The van der Waals surface area contributed by atoms with Gasteiger partial charge in [0.2, 0.25) is 0 Å². The van der Waals surface area contributed by atoms with Crippen molar-refractivity contribution < 1.29 is 14.7 Å². The van der Waals surface area contributed by atoms with Crippen molar-refractivity contribution in [2.24, 2.45) is 5.73 Å². The summed E-state index contributed by atoms with van der Waals surface area (Å²) in [6.45, 7) is 0. The maximum Gasteiger partial charge on any atom is 0.321 e. The van der Waals surface area contributed by atoms with Crippen molar-refractivity contribution in [3.8, 4) is 0 Å². The van der Waals surface area contributed by atoms with Crippen LogP contribution in [-0.4, -0.2) is 33.9 Å². The Hall–Kier alpha value is -0.550. The van der Waals surface area contributed by atoms with Crippen LogP contribution in [0, 0.1) is 0 Å². The maximum absolute atomic E-state index is 10.9. The van der Waals surface area contributed by atoms with Crippen molar-refractivity contribution in [3.63, 3.8) is 0 Å². The van der Waals surface area contributed by atoms with E-state index in [1.54, 1.807) is 0 Å². The van der Waals surface area contributed by atoms with Crippen LogP contribution >= 0.6 is 11.8 Å². The molecule has 1 aliphatic rings. The SMILES string of the molecule is N[C@@H](CS[C@H]1CCC(=O)C1)C(=O)O. The van der Waals surface area contributed by atoms with E-state index in [1.165, 1.54) is 11.8 Å². The summed E-state index contributed by atoms with van der Waals surface area (Å²) in [5, 5.41) is 8.79. The minimum absolute atomic E-state index is 0.279. The van der Waals surface area contributed by atoms with Gasteiger partial charge in [0.25, 0.3) is 0 Å². The monoisotopic (exact) mass is 203 g/mol. The van der Waals surface area contributed by atoms with E-state index in [1.807, 2.05) is 0 Å². The number of hydrogen-bond donors (Lipinski definition) is 2. The van der Waals surface area contributed by atoms with Crippen LogP contribution in [0.5, 0.6) is 0 Å². The third kappa shape index (κ3) is 3.36. The van der Waals surface area contributed by atoms with Crippen molar-refractivity contribution >= 4 is 23.5 Å². The molecule has 2 atom stereocenters. The molecule has 0 unspecified atom stereocenters. The van der Waals surface area contributed by atoms with Crippen molar-refractivity contribution in [3.05, 3.63) is 0 Å². The highest BCUT2D eigenvalue weighted by Crippen LogP contribution is 2.27. The molecule has 13 heavy (non-hydrogen) atoms. The van der Waals surface area contributed by atoms with Gasteiger partial charge in [-0.05, 0) is 6.42 Å². The van der Waals surface area contributed by atoms with Crippen LogP contribution in [0.4, 0.5) is 0 Å². The molecule has 0 spiro atoms. The number of carbonyl (C=O) groups is 2. The van der Waals surface area contributed by atoms with Gasteiger partial charge < -0.3 is 10.8 Å². The van der Waals surface area contributed by atoms with Crippen molar-refractivity contribution in [2.45, 2.75) is 30.6 Å². The Bertz CT molecular complexity index is 219. The summed E-state index contributed by atoms with van der Waals surface area (Å²) >= 11 is 1.50. The highest BCUT2D eigenvalue weighted by Gasteiger charge is 2.23. The summed E-state index contributed by atoms with van der Waals surface area (Å²) in [7, 11) is 0. The third-order valence-electron chi connectivity index (χ3n) is 2.03. The molecule has 4 nitrogen and oxygen atoms in total. The number of thioether (sulfide) groups is 1. The molecule has 0 saturated heterocycles. The second-order valence-corrected chi connectivity index (χ2v) is 4.51. The summed E-state index contributed by atoms with van der Waals surface area (Å²) in [5.41, 5.74) is 5.32. The van der Waals surface area contributed by atoms with E-state index in [2.05, 4.69) is 0 Å². The van der Waals surface area contributed by atoms with Crippen LogP contribution in [-0.2, 0) is 9.59 Å². The molecule has 0 aromatic heterocycles. The van der Waals surface area contributed by atoms with Crippen LogP contribution in [0.25, 0.3) is 0 Å². The molecule has 1 saturated carbocycles. The van der Waals surface area contributed by atoms with Crippen molar-refractivity contribution in [2.75, 3.05) is 5.75 Å². The van der Waals surface area contributed by atoms with Gasteiger partial charge in [0.1, 0.15) is 11.8 Å². The van der Waals surface area contributed by atoms with E-state index in [-0.39, 0.29) is 11.0 Å². The first-order valence-electron chi connectivity index (χ1n) is 4.21. The first kappa shape index (κ1) is 10.5. The fourth-order valence-corrected chi connectivity index (χ4v) is 2.44. The zero-order valence-corrected chi connectivity index (χ0v) is 8.05. The van der Waals surface area contributed by atoms with Crippen molar-refractivity contribution in [1.29, 1.82) is 0 Å². The first-order valence-corrected chi connectivity index (χ1v) is 5.26. The van der Waals surface area contributed by atoms with E-state index < -0.39 is 12.0 Å². The predicted octanol–water partition coefficient (Wildman–Crippen LogP) is 0.253. The van der Waals surface area contributed by atoms with Crippen LogP contribution in [0.1, 0.15) is 19.3 Å². The number of carbonyl (C=O) groups excluding carboxylic acids is 1. The zero-order chi connectivity index (χ0) is 9.84. The van der Waals surface area contributed by atoms with Crippen LogP contribution < -0.4 is 5.73 Å². The van der Waals surface area contributed by atoms with E-state index in [0.29, 0.717) is 18.6 Å². The van der Waals surface area contributed by atoms with Crippen LogP contribution in [0.3, 0.4) is 0 Å². The Labute approximate surface area is 80.9 Å². The highest BCUT2D eigenvalue weighted by molar-refractivity contribution is 8.00. The van der Waals surface area contributed by atoms with Gasteiger partial charge in [-0.2, -0.15) is 11.8 Å². The second-order valence-electron chi connectivity index (χ2n) is 3.18. The summed E-state index contributed by atoms with van der Waals surface area (Å²) in [6.07, 6.45) is 2.09. The summed E-state index contributed by atoms with van der Waals surface area (Å²) < 4.78 is 0. The number of nitrogens with two attached hydrogens (primary N) is 1. The number of carboxylic acids is 1. The molecule has 1 aliphatic carbocycles. The minimum Gasteiger partial charge on any atom is -0.480 e. The molecule has 0 aromatic rings. The standard InChI is InChI=1S/C8H13NO3S/c9-7(8(11)12)4-13-6-2-1-5(10)3-6/h6-7H,1-4,9H2,(H,11,12)/t6-,7-/m0/s1. The Balaban J connectivity index is 2.19. The smallest absolute Gasteiger partial charge is 0.321 e. The molecule has 3 N–H and O–H groups in total. The fourth-order valence-electron chi connectivity index (χ4n) is 1.23. The first-order chi connectivity index (χ1) is 6.09. The minimum atomic E-state index is -0.975. The number of hydrogen-bond acceptors (Lipinski definition) is 4. The average Bonchev–Trinajstić information content (AvgIpc) is 2.47. The lowest BCUT2D eigenvalue weighted by Gasteiger charge is -2.09. The molecule has 0 amide bonds. The molecule has 5 heteroatoms. The maximum atomic E-state index is 10.9. The number of carboxylic acid groups (broad SMARTS) is 1. The fraction of sp³-hybridized carbons (Fsp3) is 0.750. The number of Topliss-reactive ketones (excluding diaryl/α,β-unsaturated/α-hetero) is 1. The lowest BCUT2D eigenvalue weighted by Crippen LogP contribution is -2.33. The van der Waals surface area contributed by atoms with Gasteiger partial charge in [-0.15, -0.1) is 0 Å². The molecule has 0 aromatic carbocycles. The van der Waals surface area contributed by atoms with Gasteiger partial charge in [0.15, 0.2) is 0 Å². The van der Waals surface area contributed by atoms with E-state index in [0.717, 1.165) is 6.42 Å².